The highest BCUT2D eigenvalue weighted by atomic mass is 15.2. The molecule has 0 amide bonds. The summed E-state index contributed by atoms with van der Waals surface area (Å²) in [6.07, 6.45) is 4.15. The zero-order valence-electron chi connectivity index (χ0n) is 11.4. The molecule has 0 spiro atoms. The lowest BCUT2D eigenvalue weighted by Crippen LogP contribution is -2.49. The van der Waals surface area contributed by atoms with Crippen molar-refractivity contribution in [2.75, 3.05) is 19.6 Å². The second kappa shape index (κ2) is 4.66. The second-order valence-electron chi connectivity index (χ2n) is 6.62. The fourth-order valence-electron chi connectivity index (χ4n) is 3.49. The Kier molecular flexibility index (Phi) is 3.60. The molecule has 2 fully saturated rings. The van der Waals surface area contributed by atoms with Crippen LogP contribution in [0.1, 0.15) is 47.0 Å². The maximum Gasteiger partial charge on any atom is 0.0252 e. The molecule has 1 aliphatic heterocycles. The van der Waals surface area contributed by atoms with E-state index in [2.05, 4.69) is 37.9 Å². The summed E-state index contributed by atoms with van der Waals surface area (Å²) in [5.74, 6) is 1.80. The van der Waals surface area contributed by atoms with Gasteiger partial charge in [0, 0.05) is 18.1 Å². The van der Waals surface area contributed by atoms with Gasteiger partial charge in [0.2, 0.25) is 0 Å². The summed E-state index contributed by atoms with van der Waals surface area (Å²) >= 11 is 0. The first kappa shape index (κ1) is 12.4. The van der Waals surface area contributed by atoms with E-state index in [0.29, 0.717) is 5.54 Å². The van der Waals surface area contributed by atoms with Crippen LogP contribution in [0.4, 0.5) is 0 Å². The molecule has 2 aliphatic rings. The van der Waals surface area contributed by atoms with E-state index in [1.165, 1.54) is 38.9 Å². The number of nitrogens with zero attached hydrogens (tertiary/aromatic N) is 1. The van der Waals surface area contributed by atoms with Crippen LogP contribution in [0.2, 0.25) is 0 Å². The number of hydrogen-bond acceptors (Lipinski definition) is 2. The minimum atomic E-state index is 0.294. The quantitative estimate of drug-likeness (QED) is 0.736. The van der Waals surface area contributed by atoms with Crippen molar-refractivity contribution in [3.63, 3.8) is 0 Å². The molecule has 0 aromatic carbocycles. The third-order valence-electron chi connectivity index (χ3n) is 4.72. The molecule has 1 aliphatic carbocycles. The van der Waals surface area contributed by atoms with E-state index in [-0.39, 0.29) is 0 Å². The van der Waals surface area contributed by atoms with Gasteiger partial charge in [0.05, 0.1) is 0 Å². The lowest BCUT2D eigenvalue weighted by atomic mass is 9.95. The van der Waals surface area contributed by atoms with E-state index in [0.717, 1.165) is 17.9 Å². The molecule has 0 radical (unpaired) electrons. The van der Waals surface area contributed by atoms with Gasteiger partial charge in [-0.2, -0.15) is 0 Å². The van der Waals surface area contributed by atoms with E-state index < -0.39 is 0 Å². The number of hydrogen-bond donors (Lipinski definition) is 1. The van der Waals surface area contributed by atoms with Gasteiger partial charge in [-0.3, -0.25) is 4.90 Å². The van der Waals surface area contributed by atoms with Crippen LogP contribution in [0, 0.1) is 11.8 Å². The van der Waals surface area contributed by atoms with Crippen molar-refractivity contribution in [3.05, 3.63) is 0 Å². The summed E-state index contributed by atoms with van der Waals surface area (Å²) in [6, 6.07) is 0.842. The third-order valence-corrected chi connectivity index (χ3v) is 4.72. The molecule has 2 nitrogen and oxygen atoms in total. The van der Waals surface area contributed by atoms with Crippen molar-refractivity contribution in [1.82, 2.24) is 10.2 Å². The minimum Gasteiger partial charge on any atom is -0.310 e. The maximum absolute atomic E-state index is 3.66. The van der Waals surface area contributed by atoms with Gasteiger partial charge in [-0.05, 0) is 58.0 Å². The van der Waals surface area contributed by atoms with E-state index >= 15 is 0 Å². The average Bonchev–Trinajstić information content (AvgIpc) is 2.44. The molecule has 0 bridgehead atoms. The molecule has 2 heteroatoms. The van der Waals surface area contributed by atoms with Crippen LogP contribution in [0.25, 0.3) is 0 Å². The highest BCUT2D eigenvalue weighted by molar-refractivity contribution is 4.92. The van der Waals surface area contributed by atoms with Gasteiger partial charge in [0.25, 0.3) is 0 Å². The van der Waals surface area contributed by atoms with Crippen LogP contribution in [-0.4, -0.2) is 36.1 Å². The lowest BCUT2D eigenvalue weighted by Gasteiger charge is -2.36. The van der Waals surface area contributed by atoms with Crippen molar-refractivity contribution >= 4 is 0 Å². The van der Waals surface area contributed by atoms with E-state index in [9.17, 15) is 0 Å². The molecule has 1 saturated heterocycles. The molecule has 94 valence electrons. The monoisotopic (exact) mass is 224 g/mol. The molecule has 1 heterocycles. The third kappa shape index (κ3) is 2.60. The highest BCUT2D eigenvalue weighted by Crippen LogP contribution is 2.35. The zero-order valence-corrected chi connectivity index (χ0v) is 11.4. The minimum absolute atomic E-state index is 0.294. The first-order valence-corrected chi connectivity index (χ1v) is 6.99. The zero-order chi connectivity index (χ0) is 11.8. The van der Waals surface area contributed by atoms with E-state index in [4.69, 9.17) is 0 Å². The van der Waals surface area contributed by atoms with Crippen molar-refractivity contribution in [2.45, 2.75) is 58.5 Å². The van der Waals surface area contributed by atoms with Crippen molar-refractivity contribution in [3.8, 4) is 0 Å². The molecule has 16 heavy (non-hydrogen) atoms. The topological polar surface area (TPSA) is 15.3 Å². The van der Waals surface area contributed by atoms with Crippen molar-refractivity contribution < 1.29 is 0 Å². The first-order valence-electron chi connectivity index (χ1n) is 6.99. The van der Waals surface area contributed by atoms with Crippen LogP contribution in [-0.2, 0) is 0 Å². The van der Waals surface area contributed by atoms with E-state index in [1.807, 2.05) is 0 Å². The molecule has 2 rings (SSSR count). The normalized spacial score (nSPS) is 40.9. The van der Waals surface area contributed by atoms with Crippen molar-refractivity contribution in [1.29, 1.82) is 0 Å². The van der Waals surface area contributed by atoms with Crippen molar-refractivity contribution in [2.24, 2.45) is 11.8 Å². The molecule has 3 atom stereocenters. The molecular weight excluding hydrogens is 196 g/mol. The number of rotatable bonds is 1. The maximum atomic E-state index is 3.66. The van der Waals surface area contributed by atoms with Crippen LogP contribution in [0.15, 0.2) is 0 Å². The summed E-state index contributed by atoms with van der Waals surface area (Å²) in [4.78, 5) is 2.76. The summed E-state index contributed by atoms with van der Waals surface area (Å²) in [5.41, 5.74) is 0.294. The van der Waals surface area contributed by atoms with Crippen LogP contribution in [0.5, 0.6) is 0 Å². The Morgan fingerprint density at radius 2 is 1.94 bits per heavy atom. The average molecular weight is 224 g/mol. The number of nitrogens with one attached hydrogen (secondary N) is 1. The Labute approximate surface area is 101 Å². The molecular formula is C14H28N2. The Balaban J connectivity index is 2.02. The summed E-state index contributed by atoms with van der Waals surface area (Å²) in [7, 11) is 0. The lowest BCUT2D eigenvalue weighted by molar-refractivity contribution is 0.136. The van der Waals surface area contributed by atoms with Gasteiger partial charge in [0.15, 0.2) is 0 Å². The Morgan fingerprint density at radius 3 is 2.56 bits per heavy atom. The molecule has 1 saturated carbocycles. The molecule has 0 aromatic rings. The van der Waals surface area contributed by atoms with Crippen LogP contribution < -0.4 is 5.32 Å². The predicted octanol–water partition coefficient (Wildman–Crippen LogP) is 2.49. The van der Waals surface area contributed by atoms with Gasteiger partial charge in [-0.25, -0.2) is 0 Å². The Bertz CT molecular complexity index is 237. The van der Waals surface area contributed by atoms with Crippen LogP contribution in [0.3, 0.4) is 0 Å². The van der Waals surface area contributed by atoms with Gasteiger partial charge < -0.3 is 5.32 Å². The Morgan fingerprint density at radius 1 is 1.19 bits per heavy atom. The predicted molar refractivity (Wildman–Crippen MR) is 69.6 cm³/mol. The smallest absolute Gasteiger partial charge is 0.0252 e. The SMILES string of the molecule is CC1CCC(N2CCCNC(C)(C)C2)C1C. The highest BCUT2D eigenvalue weighted by Gasteiger charge is 2.36. The molecule has 1 N–H and O–H groups in total. The largest absolute Gasteiger partial charge is 0.310 e. The molecule has 3 unspecified atom stereocenters. The van der Waals surface area contributed by atoms with E-state index in [1.54, 1.807) is 0 Å². The van der Waals surface area contributed by atoms with Gasteiger partial charge in [0.1, 0.15) is 0 Å². The summed E-state index contributed by atoms with van der Waals surface area (Å²) in [6.45, 7) is 13.2. The second-order valence-corrected chi connectivity index (χ2v) is 6.62. The van der Waals surface area contributed by atoms with Gasteiger partial charge in [-0.1, -0.05) is 13.8 Å². The fraction of sp³-hybridized carbons (Fsp3) is 1.00. The van der Waals surface area contributed by atoms with Gasteiger partial charge >= 0.3 is 0 Å². The molecule has 0 aromatic heterocycles. The fourth-order valence-corrected chi connectivity index (χ4v) is 3.49. The first-order chi connectivity index (χ1) is 7.49. The van der Waals surface area contributed by atoms with Crippen LogP contribution >= 0.6 is 0 Å². The summed E-state index contributed by atoms with van der Waals surface area (Å²) in [5, 5.41) is 3.66. The van der Waals surface area contributed by atoms with Gasteiger partial charge in [-0.15, -0.1) is 0 Å². The Hall–Kier alpha value is -0.0800. The summed E-state index contributed by atoms with van der Waals surface area (Å²) < 4.78 is 0. The standard InChI is InChI=1S/C14H28N2/c1-11-6-7-13(12(11)2)16-9-5-8-15-14(3,4)10-16/h11-13,15H,5-10H2,1-4H3.